The highest BCUT2D eigenvalue weighted by Gasteiger charge is 2.14. The number of aromatic nitrogens is 5. The molecule has 0 saturated carbocycles. The zero-order chi connectivity index (χ0) is 17.9. The summed E-state index contributed by atoms with van der Waals surface area (Å²) in [7, 11) is 1.96. The van der Waals surface area contributed by atoms with E-state index in [1.807, 2.05) is 54.1 Å². The predicted octanol–water partition coefficient (Wildman–Crippen LogP) is 4.13. The number of nitrogens with zero attached hydrogens (tertiary/aromatic N) is 5. The van der Waals surface area contributed by atoms with Crippen molar-refractivity contribution in [2.45, 2.75) is 17.8 Å². The largest absolute Gasteiger partial charge is 0.338 e. The van der Waals surface area contributed by atoms with E-state index in [0.29, 0.717) is 17.5 Å². The lowest BCUT2D eigenvalue weighted by atomic mass is 10.1. The number of hydrogen-bond acceptors (Lipinski definition) is 6. The molecule has 2 aromatic heterocycles. The maximum absolute atomic E-state index is 5.35. The highest BCUT2D eigenvalue weighted by Crippen LogP contribution is 2.26. The third-order valence-corrected chi connectivity index (χ3v) is 4.94. The molecule has 26 heavy (non-hydrogen) atoms. The molecular formula is C19H17N5OS. The number of rotatable bonds is 5. The van der Waals surface area contributed by atoms with E-state index in [2.05, 4.69) is 39.4 Å². The zero-order valence-corrected chi connectivity index (χ0v) is 15.3. The molecule has 130 valence electrons. The van der Waals surface area contributed by atoms with Gasteiger partial charge in [-0.1, -0.05) is 71.0 Å². The lowest BCUT2D eigenvalue weighted by molar-refractivity contribution is 0.391. The summed E-state index contributed by atoms with van der Waals surface area (Å²) in [4.78, 5) is 4.45. The van der Waals surface area contributed by atoms with Gasteiger partial charge in [0, 0.05) is 18.2 Å². The van der Waals surface area contributed by atoms with Crippen molar-refractivity contribution in [3.63, 3.8) is 0 Å². The average molecular weight is 363 g/mol. The standard InChI is InChI=1S/C19H17N5OS/c1-13-7-6-10-15(11-13)18-21-22-19(24(18)2)26-12-16-20-17(23-25-16)14-8-4-3-5-9-14/h3-11H,12H2,1-2H3. The maximum atomic E-state index is 5.35. The van der Waals surface area contributed by atoms with Crippen LogP contribution in [0.2, 0.25) is 0 Å². The van der Waals surface area contributed by atoms with Gasteiger partial charge in [0.1, 0.15) is 0 Å². The van der Waals surface area contributed by atoms with Gasteiger partial charge in [0.2, 0.25) is 11.7 Å². The van der Waals surface area contributed by atoms with Crippen LogP contribution in [0, 0.1) is 6.92 Å². The monoisotopic (exact) mass is 363 g/mol. The van der Waals surface area contributed by atoms with Gasteiger partial charge in [-0.25, -0.2) is 0 Å². The first-order valence-corrected chi connectivity index (χ1v) is 9.16. The fourth-order valence-corrected chi connectivity index (χ4v) is 3.37. The smallest absolute Gasteiger partial charge is 0.237 e. The summed E-state index contributed by atoms with van der Waals surface area (Å²) >= 11 is 1.52. The second kappa shape index (κ2) is 7.13. The molecule has 0 aliphatic heterocycles. The molecule has 0 radical (unpaired) electrons. The van der Waals surface area contributed by atoms with Crippen molar-refractivity contribution >= 4 is 11.8 Å². The van der Waals surface area contributed by atoms with Crippen LogP contribution in [-0.4, -0.2) is 24.9 Å². The minimum atomic E-state index is 0.541. The van der Waals surface area contributed by atoms with Gasteiger partial charge in [0.25, 0.3) is 0 Å². The SMILES string of the molecule is Cc1cccc(-c2nnc(SCc3nc(-c4ccccc4)no3)n2C)c1. The van der Waals surface area contributed by atoms with E-state index in [1.165, 1.54) is 17.3 Å². The molecule has 4 rings (SSSR count). The van der Waals surface area contributed by atoms with Crippen LogP contribution in [0.15, 0.2) is 64.3 Å². The van der Waals surface area contributed by atoms with E-state index >= 15 is 0 Å². The van der Waals surface area contributed by atoms with Crippen molar-refractivity contribution in [2.75, 3.05) is 0 Å². The van der Waals surface area contributed by atoms with Crippen LogP contribution in [0.25, 0.3) is 22.8 Å². The Hall–Kier alpha value is -2.93. The van der Waals surface area contributed by atoms with E-state index in [0.717, 1.165) is 22.1 Å². The number of thioether (sulfide) groups is 1. The van der Waals surface area contributed by atoms with Crippen molar-refractivity contribution in [3.05, 3.63) is 66.1 Å². The Labute approximate surface area is 155 Å². The van der Waals surface area contributed by atoms with Crippen LogP contribution >= 0.6 is 11.8 Å². The van der Waals surface area contributed by atoms with Gasteiger partial charge in [-0.3, -0.25) is 0 Å². The van der Waals surface area contributed by atoms with Gasteiger partial charge in [-0.2, -0.15) is 4.98 Å². The first kappa shape index (κ1) is 16.5. The van der Waals surface area contributed by atoms with Gasteiger partial charge in [-0.05, 0) is 13.0 Å². The van der Waals surface area contributed by atoms with Gasteiger partial charge in [0.05, 0.1) is 5.75 Å². The second-order valence-corrected chi connectivity index (χ2v) is 6.84. The molecular weight excluding hydrogens is 346 g/mol. The molecule has 4 aromatic rings. The number of aryl methyl sites for hydroxylation is 1. The second-order valence-electron chi connectivity index (χ2n) is 5.90. The first-order valence-electron chi connectivity index (χ1n) is 8.18. The van der Waals surface area contributed by atoms with Crippen molar-refractivity contribution in [1.82, 2.24) is 24.9 Å². The fraction of sp³-hybridized carbons (Fsp3) is 0.158. The number of benzene rings is 2. The van der Waals surface area contributed by atoms with Crippen molar-refractivity contribution in [2.24, 2.45) is 7.05 Å². The minimum absolute atomic E-state index is 0.541. The Morgan fingerprint density at radius 1 is 1.00 bits per heavy atom. The molecule has 0 aliphatic rings. The molecule has 0 spiro atoms. The van der Waals surface area contributed by atoms with E-state index in [1.54, 1.807) is 0 Å². The lowest BCUT2D eigenvalue weighted by Crippen LogP contribution is -1.95. The Morgan fingerprint density at radius 2 is 1.81 bits per heavy atom. The Balaban J connectivity index is 1.48. The normalized spacial score (nSPS) is 11.0. The first-order chi connectivity index (χ1) is 12.7. The molecule has 0 N–H and O–H groups in total. The summed E-state index contributed by atoms with van der Waals surface area (Å²) in [5.74, 6) is 2.54. The summed E-state index contributed by atoms with van der Waals surface area (Å²) in [6.45, 7) is 2.06. The third-order valence-electron chi connectivity index (χ3n) is 3.94. The molecule has 2 heterocycles. The van der Waals surface area contributed by atoms with Crippen LogP contribution in [0.1, 0.15) is 11.5 Å². The van der Waals surface area contributed by atoms with Crippen LogP contribution in [-0.2, 0) is 12.8 Å². The Morgan fingerprint density at radius 3 is 2.62 bits per heavy atom. The van der Waals surface area contributed by atoms with Crippen molar-refractivity contribution < 1.29 is 4.52 Å². The summed E-state index contributed by atoms with van der Waals surface area (Å²) < 4.78 is 7.33. The van der Waals surface area contributed by atoms with Crippen molar-refractivity contribution in [1.29, 1.82) is 0 Å². The summed E-state index contributed by atoms with van der Waals surface area (Å²) in [6.07, 6.45) is 0. The summed E-state index contributed by atoms with van der Waals surface area (Å²) in [5.41, 5.74) is 3.18. The van der Waals surface area contributed by atoms with Crippen LogP contribution in [0.3, 0.4) is 0 Å². The van der Waals surface area contributed by atoms with E-state index in [-0.39, 0.29) is 0 Å². The summed E-state index contributed by atoms with van der Waals surface area (Å²) in [5, 5.41) is 13.5. The molecule has 0 bridgehead atoms. The molecule has 0 atom stereocenters. The fourth-order valence-electron chi connectivity index (χ4n) is 2.62. The topological polar surface area (TPSA) is 69.6 Å². The van der Waals surface area contributed by atoms with E-state index in [4.69, 9.17) is 4.52 Å². The lowest BCUT2D eigenvalue weighted by Gasteiger charge is -2.03. The van der Waals surface area contributed by atoms with Gasteiger partial charge in [-0.15, -0.1) is 10.2 Å². The highest BCUT2D eigenvalue weighted by atomic mass is 32.2. The minimum Gasteiger partial charge on any atom is -0.338 e. The van der Waals surface area contributed by atoms with Gasteiger partial charge in [0.15, 0.2) is 11.0 Å². The Bertz CT molecular complexity index is 1030. The molecule has 6 nitrogen and oxygen atoms in total. The quantitative estimate of drug-likeness (QED) is 0.497. The molecule has 2 aromatic carbocycles. The molecule has 0 amide bonds. The van der Waals surface area contributed by atoms with Crippen LogP contribution in [0.5, 0.6) is 0 Å². The Kier molecular flexibility index (Phi) is 4.53. The predicted molar refractivity (Wildman–Crippen MR) is 100 cm³/mol. The zero-order valence-electron chi connectivity index (χ0n) is 14.5. The van der Waals surface area contributed by atoms with Crippen LogP contribution < -0.4 is 0 Å². The van der Waals surface area contributed by atoms with Gasteiger partial charge < -0.3 is 9.09 Å². The maximum Gasteiger partial charge on any atom is 0.237 e. The third kappa shape index (κ3) is 3.39. The van der Waals surface area contributed by atoms with E-state index < -0.39 is 0 Å². The van der Waals surface area contributed by atoms with Gasteiger partial charge >= 0.3 is 0 Å². The summed E-state index contributed by atoms with van der Waals surface area (Å²) in [6, 6.07) is 18.0. The molecule has 0 aliphatic carbocycles. The molecule has 7 heteroatoms. The number of hydrogen-bond donors (Lipinski definition) is 0. The average Bonchev–Trinajstić information content (AvgIpc) is 3.28. The van der Waals surface area contributed by atoms with E-state index in [9.17, 15) is 0 Å². The highest BCUT2D eigenvalue weighted by molar-refractivity contribution is 7.98. The van der Waals surface area contributed by atoms with Crippen molar-refractivity contribution in [3.8, 4) is 22.8 Å². The molecule has 0 unspecified atom stereocenters. The van der Waals surface area contributed by atoms with Crippen LogP contribution in [0.4, 0.5) is 0 Å². The molecule has 0 saturated heterocycles. The molecule has 0 fully saturated rings.